The Morgan fingerprint density at radius 2 is 1.87 bits per heavy atom. The third-order valence-electron chi connectivity index (χ3n) is 4.68. The molecule has 3 rings (SSSR count). The van der Waals surface area contributed by atoms with E-state index in [1.807, 2.05) is 45.0 Å². The Morgan fingerprint density at radius 1 is 1.17 bits per heavy atom. The van der Waals surface area contributed by atoms with Crippen molar-refractivity contribution < 1.29 is 14.3 Å². The number of nitrogen functional groups attached to an aromatic ring is 1. The molecule has 10 heteroatoms. The van der Waals surface area contributed by atoms with Crippen molar-refractivity contribution in [1.29, 1.82) is 0 Å². The molecule has 3 aromatic rings. The van der Waals surface area contributed by atoms with Crippen molar-refractivity contribution in [3.8, 4) is 0 Å². The quantitative estimate of drug-likeness (QED) is 0.560. The Labute approximate surface area is 174 Å². The summed E-state index contributed by atoms with van der Waals surface area (Å²) in [4.78, 5) is 34.5. The molecule has 0 radical (unpaired) electrons. The maximum atomic E-state index is 12.1. The number of nitrogens with one attached hydrogen (secondary N) is 1. The predicted octanol–water partition coefficient (Wildman–Crippen LogP) is 1.50. The van der Waals surface area contributed by atoms with Crippen LogP contribution in [0.25, 0.3) is 5.78 Å². The van der Waals surface area contributed by atoms with Crippen LogP contribution in [0.15, 0.2) is 24.3 Å². The van der Waals surface area contributed by atoms with Crippen LogP contribution in [0, 0.1) is 13.8 Å². The average molecular weight is 411 g/mol. The number of nitrogens with zero attached hydrogens (tertiary/aromatic N) is 5. The molecule has 2 heterocycles. The number of ether oxygens (including phenoxy) is 1. The summed E-state index contributed by atoms with van der Waals surface area (Å²) in [6.07, 6.45) is 0.524. The molecule has 0 fully saturated rings. The normalized spacial score (nSPS) is 10.8. The van der Waals surface area contributed by atoms with E-state index in [-0.39, 0.29) is 19.0 Å². The summed E-state index contributed by atoms with van der Waals surface area (Å²) in [7, 11) is 3.87. The third-order valence-corrected chi connectivity index (χ3v) is 4.68. The first-order chi connectivity index (χ1) is 14.2. The van der Waals surface area contributed by atoms with Gasteiger partial charge < -0.3 is 20.7 Å². The monoisotopic (exact) mass is 411 g/mol. The lowest BCUT2D eigenvalue weighted by Gasteiger charge is -2.13. The first-order valence-electron chi connectivity index (χ1n) is 9.46. The predicted molar refractivity (Wildman–Crippen MR) is 113 cm³/mol. The molecule has 0 bridgehead atoms. The smallest absolute Gasteiger partial charge is 0.306 e. The van der Waals surface area contributed by atoms with Crippen molar-refractivity contribution in [2.75, 3.05) is 36.7 Å². The summed E-state index contributed by atoms with van der Waals surface area (Å²) in [5, 5.41) is 6.81. The lowest BCUT2D eigenvalue weighted by atomic mass is 10.1. The highest BCUT2D eigenvalue weighted by atomic mass is 16.5. The first kappa shape index (κ1) is 21.0. The fraction of sp³-hybridized carbons (Fsp3) is 0.350. The fourth-order valence-corrected chi connectivity index (χ4v) is 3.07. The highest BCUT2D eigenvalue weighted by molar-refractivity contribution is 5.92. The summed E-state index contributed by atoms with van der Waals surface area (Å²) in [5.41, 5.74) is 9.72. The molecular formula is C20H25N7O3. The Bertz CT molecular complexity index is 1070. The van der Waals surface area contributed by atoms with Gasteiger partial charge in [0, 0.05) is 43.3 Å². The molecule has 10 nitrogen and oxygen atoms in total. The van der Waals surface area contributed by atoms with Gasteiger partial charge in [0.15, 0.2) is 6.61 Å². The number of carbonyl (C=O) groups is 2. The van der Waals surface area contributed by atoms with Crippen LogP contribution in [0.1, 0.15) is 23.4 Å². The molecule has 2 aromatic heterocycles. The molecule has 0 atom stereocenters. The van der Waals surface area contributed by atoms with E-state index < -0.39 is 11.9 Å². The Morgan fingerprint density at radius 3 is 2.53 bits per heavy atom. The van der Waals surface area contributed by atoms with Gasteiger partial charge in [-0.3, -0.25) is 9.59 Å². The highest BCUT2D eigenvalue weighted by Crippen LogP contribution is 2.17. The molecule has 0 saturated carbocycles. The van der Waals surface area contributed by atoms with Gasteiger partial charge in [0.25, 0.3) is 11.7 Å². The molecule has 1 aromatic carbocycles. The maximum Gasteiger partial charge on any atom is 0.306 e. The molecule has 0 unspecified atom stereocenters. The number of aromatic nitrogens is 4. The number of rotatable bonds is 7. The van der Waals surface area contributed by atoms with Crippen LogP contribution in [0.5, 0.6) is 0 Å². The van der Waals surface area contributed by atoms with E-state index in [4.69, 9.17) is 10.5 Å². The van der Waals surface area contributed by atoms with Crippen LogP contribution in [0.3, 0.4) is 0 Å². The van der Waals surface area contributed by atoms with E-state index in [1.165, 1.54) is 0 Å². The number of amides is 1. The van der Waals surface area contributed by atoms with Gasteiger partial charge in [0.05, 0.1) is 0 Å². The van der Waals surface area contributed by atoms with Crippen molar-refractivity contribution in [2.45, 2.75) is 26.7 Å². The van der Waals surface area contributed by atoms with Gasteiger partial charge in [-0.25, -0.2) is 4.98 Å². The molecule has 0 saturated heterocycles. The lowest BCUT2D eigenvalue weighted by Crippen LogP contribution is -2.21. The van der Waals surface area contributed by atoms with Gasteiger partial charge in [-0.2, -0.15) is 9.50 Å². The molecule has 0 aliphatic carbocycles. The highest BCUT2D eigenvalue weighted by Gasteiger charge is 2.15. The van der Waals surface area contributed by atoms with Crippen LogP contribution < -0.4 is 16.0 Å². The van der Waals surface area contributed by atoms with E-state index in [0.29, 0.717) is 17.9 Å². The van der Waals surface area contributed by atoms with Gasteiger partial charge in [-0.05, 0) is 50.1 Å². The minimum atomic E-state index is -0.467. The zero-order chi connectivity index (χ0) is 21.8. The first-order valence-corrected chi connectivity index (χ1v) is 9.46. The minimum Gasteiger partial charge on any atom is -0.456 e. The van der Waals surface area contributed by atoms with Crippen molar-refractivity contribution in [1.82, 2.24) is 19.6 Å². The van der Waals surface area contributed by atoms with Crippen LogP contribution in [-0.2, 0) is 20.7 Å². The largest absolute Gasteiger partial charge is 0.456 e. The average Bonchev–Trinajstić information content (AvgIpc) is 3.07. The summed E-state index contributed by atoms with van der Waals surface area (Å²) in [5.74, 6) is -0.298. The number of fused-ring (bicyclic) bond motifs is 1. The molecule has 0 aliphatic heterocycles. The summed E-state index contributed by atoms with van der Waals surface area (Å²) >= 11 is 0. The van der Waals surface area contributed by atoms with Crippen LogP contribution >= 0.6 is 0 Å². The second-order valence-corrected chi connectivity index (χ2v) is 7.09. The topological polar surface area (TPSA) is 128 Å². The van der Waals surface area contributed by atoms with Crippen molar-refractivity contribution in [3.05, 3.63) is 41.2 Å². The van der Waals surface area contributed by atoms with Gasteiger partial charge in [0.1, 0.15) is 0 Å². The second kappa shape index (κ2) is 8.76. The number of anilines is 3. The molecule has 158 valence electrons. The van der Waals surface area contributed by atoms with E-state index >= 15 is 0 Å². The fourth-order valence-electron chi connectivity index (χ4n) is 3.07. The Kier molecular flexibility index (Phi) is 6.14. The number of hydrogen-bond acceptors (Lipinski definition) is 8. The minimum absolute atomic E-state index is 0.115. The molecule has 3 N–H and O–H groups in total. The van der Waals surface area contributed by atoms with Crippen molar-refractivity contribution >= 4 is 35.0 Å². The van der Waals surface area contributed by atoms with Crippen LogP contribution in [0.4, 0.5) is 17.3 Å². The van der Waals surface area contributed by atoms with Crippen LogP contribution in [0.2, 0.25) is 0 Å². The van der Waals surface area contributed by atoms with E-state index in [0.717, 1.165) is 22.6 Å². The second-order valence-electron chi connectivity index (χ2n) is 7.09. The maximum absolute atomic E-state index is 12.1. The van der Waals surface area contributed by atoms with E-state index in [9.17, 15) is 9.59 Å². The standard InChI is InChI=1S/C20H25N7O3/c1-12-16(13(2)27-20(22-12)24-19(21)25-27)9-10-18(29)30-11-17(28)23-14-5-7-15(8-6-14)26(3)4/h5-8H,9-11H2,1-4H3,(H2,21,25)(H,23,28). The zero-order valence-electron chi connectivity index (χ0n) is 17.5. The Hall–Kier alpha value is -3.69. The van der Waals surface area contributed by atoms with Crippen molar-refractivity contribution in [3.63, 3.8) is 0 Å². The van der Waals surface area contributed by atoms with Crippen LogP contribution in [-0.4, -0.2) is 52.2 Å². The molecular weight excluding hydrogens is 386 g/mol. The molecule has 0 aliphatic rings. The number of benzene rings is 1. The summed E-state index contributed by atoms with van der Waals surface area (Å²) in [6, 6.07) is 7.36. The van der Waals surface area contributed by atoms with E-state index in [1.54, 1.807) is 16.6 Å². The number of aryl methyl sites for hydroxylation is 2. The number of nitrogens with two attached hydrogens (primary N) is 1. The van der Waals surface area contributed by atoms with Gasteiger partial charge in [-0.15, -0.1) is 5.10 Å². The summed E-state index contributed by atoms with van der Waals surface area (Å²) < 4.78 is 6.65. The number of hydrogen-bond donors (Lipinski definition) is 2. The van der Waals surface area contributed by atoms with Gasteiger partial charge in [-0.1, -0.05) is 0 Å². The van der Waals surface area contributed by atoms with Gasteiger partial charge in [0.2, 0.25) is 5.95 Å². The summed E-state index contributed by atoms with van der Waals surface area (Å²) in [6.45, 7) is 3.36. The number of carbonyl (C=O) groups excluding carboxylic acids is 2. The lowest BCUT2D eigenvalue weighted by molar-refractivity contribution is -0.147. The zero-order valence-corrected chi connectivity index (χ0v) is 17.5. The molecule has 30 heavy (non-hydrogen) atoms. The molecule has 1 amide bonds. The van der Waals surface area contributed by atoms with E-state index in [2.05, 4.69) is 20.4 Å². The third kappa shape index (κ3) is 4.83. The van der Waals surface area contributed by atoms with Gasteiger partial charge >= 0.3 is 5.97 Å². The van der Waals surface area contributed by atoms with Crippen molar-refractivity contribution in [2.24, 2.45) is 0 Å². The molecule has 0 spiro atoms. The SMILES string of the molecule is Cc1nc2nc(N)nn2c(C)c1CCC(=O)OCC(=O)Nc1ccc(N(C)C)cc1. The Balaban J connectivity index is 1.51. The number of esters is 1.